The average Bonchev–Trinajstić information content (AvgIpc) is 2.64. The second-order valence-electron chi connectivity index (χ2n) is 3.57. The largest absolute Gasteiger partial charge is 0.388 e. The minimum absolute atomic E-state index is 0.00331. The van der Waals surface area contributed by atoms with Crippen LogP contribution in [0.15, 0.2) is 23.3 Å². The summed E-state index contributed by atoms with van der Waals surface area (Å²) in [6.45, 7) is -0.00331. The lowest BCUT2D eigenvalue weighted by molar-refractivity contribution is -0.115. The van der Waals surface area contributed by atoms with E-state index in [9.17, 15) is 9.90 Å². The normalized spacial score (nSPS) is 14.9. The van der Waals surface area contributed by atoms with Crippen molar-refractivity contribution in [2.75, 3.05) is 11.9 Å². The third-order valence-electron chi connectivity index (χ3n) is 2.46. The van der Waals surface area contributed by atoms with Gasteiger partial charge in [0.2, 0.25) is 5.91 Å². The lowest BCUT2D eigenvalue weighted by atomic mass is 10.0. The van der Waals surface area contributed by atoms with E-state index in [0.29, 0.717) is 12.0 Å². The molecule has 16 heavy (non-hydrogen) atoms. The molecule has 1 aliphatic heterocycles. The number of aliphatic hydroxyl groups is 1. The van der Waals surface area contributed by atoms with Gasteiger partial charge in [0.25, 0.3) is 0 Å². The first-order chi connectivity index (χ1) is 7.70. The Morgan fingerprint density at radius 1 is 1.62 bits per heavy atom. The second-order valence-corrected chi connectivity index (χ2v) is 3.57. The van der Waals surface area contributed by atoms with Crippen molar-refractivity contribution in [3.63, 3.8) is 0 Å². The monoisotopic (exact) mass is 218 g/mol. The van der Waals surface area contributed by atoms with Crippen molar-refractivity contribution >= 4 is 11.6 Å². The Morgan fingerprint density at radius 2 is 2.44 bits per heavy atom. The molecule has 0 aliphatic carbocycles. The molecule has 0 saturated heterocycles. The molecule has 1 heterocycles. The van der Waals surface area contributed by atoms with Gasteiger partial charge < -0.3 is 10.4 Å². The highest BCUT2D eigenvalue weighted by Crippen LogP contribution is 2.26. The van der Waals surface area contributed by atoms with Gasteiger partial charge in [-0.1, -0.05) is 17.2 Å². The summed E-state index contributed by atoms with van der Waals surface area (Å²) in [5.74, 6) is -0.0447. The number of fused-ring (bicyclic) bond motifs is 1. The minimum Gasteiger partial charge on any atom is -0.388 e. The Hall–Kier alpha value is -2.04. The van der Waals surface area contributed by atoms with Gasteiger partial charge in [-0.3, -0.25) is 4.79 Å². The Morgan fingerprint density at radius 3 is 3.19 bits per heavy atom. The molecule has 1 aromatic rings. The van der Waals surface area contributed by atoms with Crippen LogP contribution in [0.3, 0.4) is 0 Å². The Bertz CT molecular complexity index is 480. The smallest absolute Gasteiger partial charge is 0.228 e. The predicted molar refractivity (Wildman–Crippen MR) is 57.7 cm³/mol. The lowest BCUT2D eigenvalue weighted by Crippen LogP contribution is -2.03. The maximum absolute atomic E-state index is 11.1. The van der Waals surface area contributed by atoms with Crippen LogP contribution in [0.1, 0.15) is 17.2 Å². The van der Waals surface area contributed by atoms with Crippen LogP contribution in [0, 0.1) is 0 Å². The van der Waals surface area contributed by atoms with Crippen molar-refractivity contribution in [2.45, 2.75) is 12.5 Å². The summed E-state index contributed by atoms with van der Waals surface area (Å²) in [5, 5.41) is 15.7. The topological polar surface area (TPSA) is 98.1 Å². The Kier molecular flexibility index (Phi) is 2.76. The lowest BCUT2D eigenvalue weighted by Gasteiger charge is -2.09. The van der Waals surface area contributed by atoms with Crippen LogP contribution in [0.5, 0.6) is 0 Å². The summed E-state index contributed by atoms with van der Waals surface area (Å²) in [6, 6.07) is 5.21. The first kappa shape index (κ1) is 10.5. The summed E-state index contributed by atoms with van der Waals surface area (Å²) in [7, 11) is 0. The summed E-state index contributed by atoms with van der Waals surface area (Å²) in [5.41, 5.74) is 10.4. The number of benzene rings is 1. The van der Waals surface area contributed by atoms with E-state index in [1.54, 1.807) is 18.2 Å². The third-order valence-corrected chi connectivity index (χ3v) is 2.46. The number of carbonyl (C=O) groups excluding carboxylic acids is 1. The van der Waals surface area contributed by atoms with E-state index < -0.39 is 6.10 Å². The number of azide groups is 1. The van der Waals surface area contributed by atoms with E-state index in [1.165, 1.54) is 0 Å². The maximum atomic E-state index is 11.1. The number of hydrogen-bond donors (Lipinski definition) is 2. The van der Waals surface area contributed by atoms with Gasteiger partial charge in [-0.15, -0.1) is 0 Å². The highest BCUT2D eigenvalue weighted by Gasteiger charge is 2.18. The van der Waals surface area contributed by atoms with Crippen LogP contribution in [0.4, 0.5) is 5.69 Å². The van der Waals surface area contributed by atoms with Gasteiger partial charge in [-0.05, 0) is 22.7 Å². The van der Waals surface area contributed by atoms with Crippen molar-refractivity contribution in [2.24, 2.45) is 5.11 Å². The maximum Gasteiger partial charge on any atom is 0.228 e. The van der Waals surface area contributed by atoms with Gasteiger partial charge in [0, 0.05) is 10.6 Å². The molecule has 1 unspecified atom stereocenters. The molecule has 1 atom stereocenters. The van der Waals surface area contributed by atoms with Crippen LogP contribution in [0.2, 0.25) is 0 Å². The molecule has 0 aromatic heterocycles. The van der Waals surface area contributed by atoms with Crippen molar-refractivity contribution in [3.05, 3.63) is 39.8 Å². The number of hydrogen-bond acceptors (Lipinski definition) is 3. The van der Waals surface area contributed by atoms with Crippen molar-refractivity contribution < 1.29 is 9.90 Å². The van der Waals surface area contributed by atoms with Crippen LogP contribution in [-0.2, 0) is 11.2 Å². The van der Waals surface area contributed by atoms with E-state index in [1.807, 2.05) is 0 Å². The third kappa shape index (κ3) is 1.98. The molecule has 0 bridgehead atoms. The van der Waals surface area contributed by atoms with Crippen LogP contribution < -0.4 is 5.32 Å². The van der Waals surface area contributed by atoms with Gasteiger partial charge >= 0.3 is 0 Å². The zero-order chi connectivity index (χ0) is 11.5. The van der Waals surface area contributed by atoms with Gasteiger partial charge in [-0.25, -0.2) is 0 Å². The predicted octanol–water partition coefficient (Wildman–Crippen LogP) is 1.52. The van der Waals surface area contributed by atoms with Crippen LogP contribution in [0.25, 0.3) is 10.4 Å². The number of aliphatic hydroxyl groups excluding tert-OH is 1. The molecular weight excluding hydrogens is 208 g/mol. The number of nitrogens with zero attached hydrogens (tertiary/aromatic N) is 3. The Labute approximate surface area is 91.5 Å². The first-order valence-corrected chi connectivity index (χ1v) is 4.82. The summed E-state index contributed by atoms with van der Waals surface area (Å²) in [4.78, 5) is 13.7. The standard InChI is InChI=1S/C10H10N4O2/c11-14-12-5-9(15)6-1-2-8-7(3-6)4-10(16)13-8/h1-3,9,15H,4-5H2,(H,13,16). The highest BCUT2D eigenvalue weighted by molar-refractivity contribution is 5.99. The van der Waals surface area contributed by atoms with E-state index in [4.69, 9.17) is 5.53 Å². The van der Waals surface area contributed by atoms with Gasteiger partial charge in [0.15, 0.2) is 0 Å². The molecular formula is C10H10N4O2. The molecule has 1 aromatic carbocycles. The molecule has 0 saturated carbocycles. The van der Waals surface area contributed by atoms with Crippen molar-refractivity contribution in [3.8, 4) is 0 Å². The minimum atomic E-state index is -0.822. The number of nitrogens with one attached hydrogen (secondary N) is 1. The number of anilines is 1. The SMILES string of the molecule is [N-]=[N+]=NCC(O)c1ccc2c(c1)CC(=O)N2. The van der Waals surface area contributed by atoms with E-state index in [2.05, 4.69) is 15.3 Å². The van der Waals surface area contributed by atoms with Gasteiger partial charge in [-0.2, -0.15) is 0 Å². The van der Waals surface area contributed by atoms with E-state index in [-0.39, 0.29) is 12.5 Å². The average molecular weight is 218 g/mol. The number of carbonyl (C=O) groups is 1. The zero-order valence-electron chi connectivity index (χ0n) is 8.42. The molecule has 0 radical (unpaired) electrons. The fourth-order valence-electron chi connectivity index (χ4n) is 1.68. The van der Waals surface area contributed by atoms with E-state index in [0.717, 1.165) is 11.3 Å². The summed E-state index contributed by atoms with van der Waals surface area (Å²) >= 11 is 0. The quantitative estimate of drug-likeness (QED) is 0.456. The number of amides is 1. The van der Waals surface area contributed by atoms with Crippen molar-refractivity contribution in [1.29, 1.82) is 0 Å². The molecule has 0 fully saturated rings. The fraction of sp³-hybridized carbons (Fsp3) is 0.300. The summed E-state index contributed by atoms with van der Waals surface area (Å²) < 4.78 is 0. The molecule has 6 heteroatoms. The van der Waals surface area contributed by atoms with Gasteiger partial charge in [0.05, 0.1) is 19.1 Å². The van der Waals surface area contributed by atoms with Crippen molar-refractivity contribution in [1.82, 2.24) is 0 Å². The molecule has 82 valence electrons. The molecule has 2 N–H and O–H groups in total. The molecule has 2 rings (SSSR count). The van der Waals surface area contributed by atoms with E-state index >= 15 is 0 Å². The fourth-order valence-corrected chi connectivity index (χ4v) is 1.68. The molecule has 1 aliphatic rings. The Balaban J connectivity index is 2.21. The van der Waals surface area contributed by atoms with Crippen LogP contribution >= 0.6 is 0 Å². The van der Waals surface area contributed by atoms with Gasteiger partial charge in [0.1, 0.15) is 0 Å². The molecule has 0 spiro atoms. The second kappa shape index (κ2) is 4.22. The van der Waals surface area contributed by atoms with Crippen LogP contribution in [-0.4, -0.2) is 17.6 Å². The highest BCUT2D eigenvalue weighted by atomic mass is 16.3. The molecule has 1 amide bonds. The molecule has 6 nitrogen and oxygen atoms in total. The summed E-state index contributed by atoms with van der Waals surface area (Å²) in [6.07, 6.45) is -0.492. The zero-order valence-corrected chi connectivity index (χ0v) is 8.42. The number of rotatable bonds is 3. The first-order valence-electron chi connectivity index (χ1n) is 4.82.